The van der Waals surface area contributed by atoms with E-state index in [9.17, 15) is 0 Å². The zero-order valence-corrected chi connectivity index (χ0v) is 21.7. The van der Waals surface area contributed by atoms with Crippen LogP contribution < -0.4 is 9.47 Å². The predicted molar refractivity (Wildman–Crippen MR) is 150 cm³/mol. The second-order valence-electron chi connectivity index (χ2n) is 9.14. The van der Waals surface area contributed by atoms with Gasteiger partial charge in [-0.15, -0.1) is 0 Å². The average Bonchev–Trinajstić information content (AvgIpc) is 2.87. The van der Waals surface area contributed by atoms with Crippen LogP contribution in [0.2, 0.25) is 0 Å². The molecule has 186 valence electrons. The summed E-state index contributed by atoms with van der Waals surface area (Å²) in [6, 6.07) is 14.6. The highest BCUT2D eigenvalue weighted by Gasteiger charge is 2.05. The Kier molecular flexibility index (Phi) is 14.6. The van der Waals surface area contributed by atoms with Crippen LogP contribution in [0.5, 0.6) is 11.5 Å². The molecule has 0 saturated carbocycles. The Hall–Kier alpha value is -2.48. The highest BCUT2D eigenvalue weighted by molar-refractivity contribution is 5.74. The van der Waals surface area contributed by atoms with E-state index in [1.807, 2.05) is 12.1 Å². The van der Waals surface area contributed by atoms with Gasteiger partial charge in [0.1, 0.15) is 11.5 Å². The molecule has 0 radical (unpaired) electrons. The van der Waals surface area contributed by atoms with Crippen LogP contribution in [0.3, 0.4) is 0 Å². The summed E-state index contributed by atoms with van der Waals surface area (Å²) >= 11 is 0. The summed E-state index contributed by atoms with van der Waals surface area (Å²) in [6.45, 7) is 9.92. The van der Waals surface area contributed by atoms with Crippen molar-refractivity contribution in [3.63, 3.8) is 0 Å². The molecule has 0 amide bonds. The summed E-state index contributed by atoms with van der Waals surface area (Å²) in [6.07, 6.45) is 21.4. The molecule has 0 atom stereocenters. The monoisotopic (exact) mass is 462 g/mol. The fraction of sp³-hybridized carbons (Fsp3) is 0.500. The Morgan fingerprint density at radius 3 is 1.94 bits per heavy atom. The van der Waals surface area contributed by atoms with Crippen molar-refractivity contribution in [1.82, 2.24) is 0 Å². The Morgan fingerprint density at radius 2 is 1.26 bits per heavy atom. The van der Waals surface area contributed by atoms with E-state index in [4.69, 9.17) is 9.47 Å². The van der Waals surface area contributed by atoms with E-state index in [1.165, 1.54) is 64.2 Å². The van der Waals surface area contributed by atoms with Crippen LogP contribution in [-0.4, -0.2) is 13.2 Å². The summed E-state index contributed by atoms with van der Waals surface area (Å²) in [7, 11) is 0. The molecule has 0 heterocycles. The fourth-order valence-corrected chi connectivity index (χ4v) is 3.99. The lowest BCUT2D eigenvalue weighted by atomic mass is 10.1. The summed E-state index contributed by atoms with van der Waals surface area (Å²) in [5, 5.41) is 0. The van der Waals surface area contributed by atoms with Crippen molar-refractivity contribution in [2.75, 3.05) is 13.2 Å². The molecule has 0 aliphatic heterocycles. The number of benzene rings is 2. The van der Waals surface area contributed by atoms with Gasteiger partial charge in [-0.3, -0.25) is 0 Å². The van der Waals surface area contributed by atoms with Gasteiger partial charge in [0, 0.05) is 5.56 Å². The minimum absolute atomic E-state index is 0.761. The molecule has 0 fully saturated rings. The standard InChI is InChI=1S/C32H46O2/c1-4-7-9-11-13-15-24-33-31-22-23-32(34-25-16-14-12-10-8-5-2)30(27-31)21-20-29-19-17-18-28(6-3)26-29/h6,17-23,26-27H,3-5,7-16,24-25H2,1-2H3/b21-20+. The molecule has 0 bridgehead atoms. The summed E-state index contributed by atoms with van der Waals surface area (Å²) in [5.74, 6) is 1.84. The minimum atomic E-state index is 0.761. The first-order chi connectivity index (χ1) is 16.8. The van der Waals surface area contributed by atoms with Gasteiger partial charge in [-0.05, 0) is 48.2 Å². The number of hydrogen-bond donors (Lipinski definition) is 0. The molecular formula is C32H46O2. The fourth-order valence-electron chi connectivity index (χ4n) is 3.99. The van der Waals surface area contributed by atoms with Crippen LogP contribution in [0.1, 0.15) is 108 Å². The largest absolute Gasteiger partial charge is 0.494 e. The van der Waals surface area contributed by atoms with Gasteiger partial charge in [-0.25, -0.2) is 0 Å². The first-order valence-electron chi connectivity index (χ1n) is 13.6. The smallest absolute Gasteiger partial charge is 0.126 e. The average molecular weight is 463 g/mol. The number of rotatable bonds is 19. The summed E-state index contributed by atoms with van der Waals surface area (Å²) in [5.41, 5.74) is 3.34. The number of ether oxygens (including phenoxy) is 2. The lowest BCUT2D eigenvalue weighted by Crippen LogP contribution is -2.01. The SMILES string of the molecule is C=Cc1cccc(/C=C/c2cc(OCCCCCCCC)ccc2OCCCCCCCC)c1. The quantitative estimate of drug-likeness (QED) is 0.153. The van der Waals surface area contributed by atoms with E-state index >= 15 is 0 Å². The molecule has 0 spiro atoms. The third kappa shape index (κ3) is 11.6. The predicted octanol–water partition coefficient (Wildman–Crippen LogP) is 9.98. The first kappa shape index (κ1) is 27.8. The van der Waals surface area contributed by atoms with Gasteiger partial charge < -0.3 is 9.47 Å². The van der Waals surface area contributed by atoms with Crippen LogP contribution in [0.4, 0.5) is 0 Å². The van der Waals surface area contributed by atoms with Gasteiger partial charge in [0.05, 0.1) is 13.2 Å². The highest BCUT2D eigenvalue weighted by atomic mass is 16.5. The van der Waals surface area contributed by atoms with Crippen molar-refractivity contribution in [3.05, 3.63) is 65.7 Å². The summed E-state index contributed by atoms with van der Waals surface area (Å²) in [4.78, 5) is 0. The Morgan fingerprint density at radius 1 is 0.647 bits per heavy atom. The molecule has 0 aliphatic carbocycles. The van der Waals surface area contributed by atoms with Crippen LogP contribution in [0.25, 0.3) is 18.2 Å². The number of unbranched alkanes of at least 4 members (excludes halogenated alkanes) is 10. The maximum Gasteiger partial charge on any atom is 0.126 e. The topological polar surface area (TPSA) is 18.5 Å². The van der Waals surface area contributed by atoms with E-state index in [2.05, 4.69) is 69.0 Å². The van der Waals surface area contributed by atoms with Gasteiger partial charge in [-0.2, -0.15) is 0 Å². The zero-order valence-electron chi connectivity index (χ0n) is 21.7. The molecular weight excluding hydrogens is 416 g/mol. The Balaban J connectivity index is 1.97. The van der Waals surface area contributed by atoms with Crippen LogP contribution in [-0.2, 0) is 0 Å². The normalized spacial score (nSPS) is 11.1. The van der Waals surface area contributed by atoms with E-state index in [0.717, 1.165) is 54.2 Å². The molecule has 2 heteroatoms. The van der Waals surface area contributed by atoms with Crippen LogP contribution >= 0.6 is 0 Å². The van der Waals surface area contributed by atoms with E-state index in [0.29, 0.717) is 0 Å². The van der Waals surface area contributed by atoms with Gasteiger partial charge in [0.15, 0.2) is 0 Å². The molecule has 0 saturated heterocycles. The second kappa shape index (κ2) is 17.9. The molecule has 34 heavy (non-hydrogen) atoms. The third-order valence-electron chi connectivity index (χ3n) is 6.11. The second-order valence-corrected chi connectivity index (χ2v) is 9.14. The lowest BCUT2D eigenvalue weighted by molar-refractivity contribution is 0.296. The first-order valence-corrected chi connectivity index (χ1v) is 13.6. The van der Waals surface area contributed by atoms with Crippen LogP contribution in [0, 0.1) is 0 Å². The van der Waals surface area contributed by atoms with Crippen molar-refractivity contribution in [2.45, 2.75) is 90.9 Å². The van der Waals surface area contributed by atoms with Crippen molar-refractivity contribution in [2.24, 2.45) is 0 Å². The lowest BCUT2D eigenvalue weighted by Gasteiger charge is -2.12. The van der Waals surface area contributed by atoms with E-state index in [1.54, 1.807) is 0 Å². The van der Waals surface area contributed by atoms with Gasteiger partial charge >= 0.3 is 0 Å². The van der Waals surface area contributed by atoms with Crippen molar-refractivity contribution < 1.29 is 9.47 Å². The maximum absolute atomic E-state index is 6.19. The van der Waals surface area contributed by atoms with Gasteiger partial charge in [0.25, 0.3) is 0 Å². The highest BCUT2D eigenvalue weighted by Crippen LogP contribution is 2.27. The Bertz CT molecular complexity index is 837. The Labute approximate surface area is 209 Å². The molecule has 2 nitrogen and oxygen atoms in total. The molecule has 0 N–H and O–H groups in total. The molecule has 2 rings (SSSR count). The number of hydrogen-bond acceptors (Lipinski definition) is 2. The van der Waals surface area contributed by atoms with Crippen molar-refractivity contribution in [1.29, 1.82) is 0 Å². The van der Waals surface area contributed by atoms with Gasteiger partial charge in [0.2, 0.25) is 0 Å². The minimum Gasteiger partial charge on any atom is -0.494 e. The van der Waals surface area contributed by atoms with E-state index < -0.39 is 0 Å². The van der Waals surface area contributed by atoms with Crippen LogP contribution in [0.15, 0.2) is 49.0 Å². The van der Waals surface area contributed by atoms with Crippen molar-refractivity contribution >= 4 is 18.2 Å². The molecule has 2 aromatic rings. The third-order valence-corrected chi connectivity index (χ3v) is 6.11. The molecule has 0 aliphatic rings. The zero-order chi connectivity index (χ0) is 24.3. The van der Waals surface area contributed by atoms with Gasteiger partial charge in [-0.1, -0.05) is 121 Å². The molecule has 0 aromatic heterocycles. The van der Waals surface area contributed by atoms with E-state index in [-0.39, 0.29) is 0 Å². The maximum atomic E-state index is 6.19. The van der Waals surface area contributed by atoms with Crippen molar-refractivity contribution in [3.8, 4) is 11.5 Å². The summed E-state index contributed by atoms with van der Waals surface area (Å²) < 4.78 is 12.3. The molecule has 2 aromatic carbocycles. The molecule has 0 unspecified atom stereocenters.